The zero-order chi connectivity index (χ0) is 16.5. The van der Waals surface area contributed by atoms with Crippen molar-refractivity contribution < 1.29 is 17.9 Å². The molecule has 0 unspecified atom stereocenters. The number of halogens is 4. The van der Waals surface area contributed by atoms with Gasteiger partial charge >= 0.3 is 6.18 Å². The SMILES string of the molecule is CC(C)(C)N1CCC(Oc2ccc(C(F)(F)F)cc2Cl)CC1. The molecule has 6 heteroatoms. The van der Waals surface area contributed by atoms with Crippen molar-refractivity contribution in [1.29, 1.82) is 0 Å². The van der Waals surface area contributed by atoms with Crippen LogP contribution in [0.15, 0.2) is 18.2 Å². The van der Waals surface area contributed by atoms with Gasteiger partial charge in [0, 0.05) is 18.6 Å². The van der Waals surface area contributed by atoms with Gasteiger partial charge in [-0.05, 0) is 51.8 Å². The summed E-state index contributed by atoms with van der Waals surface area (Å²) >= 11 is 5.92. The number of alkyl halides is 3. The highest BCUT2D eigenvalue weighted by Crippen LogP contribution is 2.35. The van der Waals surface area contributed by atoms with Crippen molar-refractivity contribution in [2.75, 3.05) is 13.1 Å². The Morgan fingerprint density at radius 2 is 1.73 bits per heavy atom. The van der Waals surface area contributed by atoms with Crippen molar-refractivity contribution in [2.45, 2.75) is 51.4 Å². The summed E-state index contributed by atoms with van der Waals surface area (Å²) in [6.07, 6.45) is -2.71. The number of hydrogen-bond donors (Lipinski definition) is 0. The van der Waals surface area contributed by atoms with Gasteiger partial charge in [-0.3, -0.25) is 4.90 Å². The summed E-state index contributed by atoms with van der Waals surface area (Å²) in [5, 5.41) is 0.00748. The van der Waals surface area contributed by atoms with Gasteiger partial charge in [0.25, 0.3) is 0 Å². The van der Waals surface area contributed by atoms with Crippen LogP contribution in [0.3, 0.4) is 0 Å². The molecule has 1 aliphatic heterocycles. The van der Waals surface area contributed by atoms with E-state index in [-0.39, 0.29) is 16.7 Å². The molecule has 0 spiro atoms. The number of nitrogens with zero attached hydrogens (tertiary/aromatic N) is 1. The van der Waals surface area contributed by atoms with Gasteiger partial charge in [0.05, 0.1) is 10.6 Å². The molecule has 124 valence electrons. The van der Waals surface area contributed by atoms with E-state index in [0.29, 0.717) is 5.75 Å². The second-order valence-electron chi connectivity index (χ2n) is 6.62. The summed E-state index contributed by atoms with van der Waals surface area (Å²) in [4.78, 5) is 2.38. The number of piperidine rings is 1. The van der Waals surface area contributed by atoms with Crippen LogP contribution in [-0.2, 0) is 6.18 Å². The Labute approximate surface area is 134 Å². The number of ether oxygens (including phenoxy) is 1. The van der Waals surface area contributed by atoms with E-state index in [1.165, 1.54) is 6.07 Å². The van der Waals surface area contributed by atoms with Crippen LogP contribution in [-0.4, -0.2) is 29.6 Å². The highest BCUT2D eigenvalue weighted by molar-refractivity contribution is 6.32. The molecule has 0 atom stereocenters. The van der Waals surface area contributed by atoms with Crippen LogP contribution in [0.1, 0.15) is 39.2 Å². The van der Waals surface area contributed by atoms with E-state index >= 15 is 0 Å². The Hall–Kier alpha value is -0.940. The lowest BCUT2D eigenvalue weighted by Crippen LogP contribution is -2.48. The molecule has 0 bridgehead atoms. The van der Waals surface area contributed by atoms with Crippen molar-refractivity contribution in [3.05, 3.63) is 28.8 Å². The molecule has 1 heterocycles. The minimum absolute atomic E-state index is 0.00663. The molecule has 0 radical (unpaired) electrons. The Balaban J connectivity index is 1.98. The quantitative estimate of drug-likeness (QED) is 0.754. The third-order valence-corrected chi connectivity index (χ3v) is 4.24. The second kappa shape index (κ2) is 6.28. The maximum absolute atomic E-state index is 12.6. The van der Waals surface area contributed by atoms with Crippen LogP contribution in [0, 0.1) is 0 Å². The fourth-order valence-electron chi connectivity index (χ4n) is 2.60. The molecule has 0 saturated carbocycles. The molecule has 0 aromatic heterocycles. The molecular weight excluding hydrogens is 315 g/mol. The smallest absolute Gasteiger partial charge is 0.416 e. The summed E-state index contributed by atoms with van der Waals surface area (Å²) in [6, 6.07) is 3.23. The third-order valence-electron chi connectivity index (χ3n) is 3.94. The molecule has 2 nitrogen and oxygen atoms in total. The predicted molar refractivity (Wildman–Crippen MR) is 81.4 cm³/mol. The van der Waals surface area contributed by atoms with Gasteiger partial charge in [0.2, 0.25) is 0 Å². The average Bonchev–Trinajstić information content (AvgIpc) is 2.39. The summed E-state index contributed by atoms with van der Waals surface area (Å²) < 4.78 is 43.6. The fraction of sp³-hybridized carbons (Fsp3) is 0.625. The molecule has 1 aromatic carbocycles. The van der Waals surface area contributed by atoms with Gasteiger partial charge in [0.1, 0.15) is 11.9 Å². The lowest BCUT2D eigenvalue weighted by molar-refractivity contribution is -0.137. The highest BCUT2D eigenvalue weighted by atomic mass is 35.5. The van der Waals surface area contributed by atoms with E-state index in [1.54, 1.807) is 0 Å². The first kappa shape index (κ1) is 17.4. The van der Waals surface area contributed by atoms with Crippen molar-refractivity contribution in [1.82, 2.24) is 4.90 Å². The molecule has 0 aliphatic carbocycles. The molecule has 1 saturated heterocycles. The first-order valence-corrected chi connectivity index (χ1v) is 7.73. The number of likely N-dealkylation sites (tertiary alicyclic amines) is 1. The van der Waals surface area contributed by atoms with Gasteiger partial charge in [-0.25, -0.2) is 0 Å². The van der Waals surface area contributed by atoms with Crippen LogP contribution in [0.2, 0.25) is 5.02 Å². The van der Waals surface area contributed by atoms with Crippen LogP contribution in [0.25, 0.3) is 0 Å². The zero-order valence-electron chi connectivity index (χ0n) is 13.0. The molecule has 1 fully saturated rings. The van der Waals surface area contributed by atoms with Crippen molar-refractivity contribution in [3.63, 3.8) is 0 Å². The van der Waals surface area contributed by atoms with Gasteiger partial charge < -0.3 is 4.74 Å². The summed E-state index contributed by atoms with van der Waals surface area (Å²) in [6.45, 7) is 8.32. The number of benzene rings is 1. The third kappa shape index (κ3) is 4.29. The van der Waals surface area contributed by atoms with E-state index in [9.17, 15) is 13.2 Å². The Morgan fingerprint density at radius 1 is 1.14 bits per heavy atom. The second-order valence-corrected chi connectivity index (χ2v) is 7.03. The van der Waals surface area contributed by atoms with E-state index < -0.39 is 11.7 Å². The summed E-state index contributed by atoms with van der Waals surface area (Å²) in [5.74, 6) is 0.323. The Bertz CT molecular complexity index is 517. The highest BCUT2D eigenvalue weighted by Gasteiger charge is 2.32. The molecule has 22 heavy (non-hydrogen) atoms. The average molecular weight is 336 g/mol. The number of rotatable bonds is 2. The normalized spacial score (nSPS) is 18.5. The summed E-state index contributed by atoms with van der Waals surface area (Å²) in [7, 11) is 0. The Morgan fingerprint density at radius 3 is 2.18 bits per heavy atom. The van der Waals surface area contributed by atoms with Gasteiger partial charge in [-0.1, -0.05) is 11.6 Å². The largest absolute Gasteiger partial charge is 0.489 e. The standard InChI is InChI=1S/C16H21ClF3NO/c1-15(2,3)21-8-6-12(7-9-21)22-14-5-4-11(10-13(14)17)16(18,19)20/h4-5,10,12H,6-9H2,1-3H3. The van der Waals surface area contributed by atoms with Crippen LogP contribution < -0.4 is 4.74 Å². The maximum Gasteiger partial charge on any atom is 0.416 e. The lowest BCUT2D eigenvalue weighted by Gasteiger charge is -2.40. The monoisotopic (exact) mass is 335 g/mol. The van der Waals surface area contributed by atoms with E-state index in [2.05, 4.69) is 25.7 Å². The Kier molecular flexibility index (Phi) is 4.97. The van der Waals surface area contributed by atoms with Gasteiger partial charge in [0.15, 0.2) is 0 Å². The van der Waals surface area contributed by atoms with E-state index in [4.69, 9.17) is 16.3 Å². The van der Waals surface area contributed by atoms with E-state index in [0.717, 1.165) is 38.1 Å². The van der Waals surface area contributed by atoms with Gasteiger partial charge in [-0.15, -0.1) is 0 Å². The fourth-order valence-corrected chi connectivity index (χ4v) is 2.82. The molecule has 1 aromatic rings. The van der Waals surface area contributed by atoms with Crippen molar-refractivity contribution in [2.24, 2.45) is 0 Å². The van der Waals surface area contributed by atoms with Crippen molar-refractivity contribution in [3.8, 4) is 5.75 Å². The maximum atomic E-state index is 12.6. The topological polar surface area (TPSA) is 12.5 Å². The predicted octanol–water partition coefficient (Wildman–Crippen LogP) is 5.00. The first-order chi connectivity index (χ1) is 10.1. The summed E-state index contributed by atoms with van der Waals surface area (Å²) in [5.41, 5.74) is -0.635. The van der Waals surface area contributed by atoms with Crippen molar-refractivity contribution >= 4 is 11.6 Å². The molecule has 0 amide bonds. The van der Waals surface area contributed by atoms with Crippen LogP contribution in [0.5, 0.6) is 5.75 Å². The lowest BCUT2D eigenvalue weighted by atomic mass is 9.99. The van der Waals surface area contributed by atoms with Crippen LogP contribution in [0.4, 0.5) is 13.2 Å². The zero-order valence-corrected chi connectivity index (χ0v) is 13.8. The van der Waals surface area contributed by atoms with Gasteiger partial charge in [-0.2, -0.15) is 13.2 Å². The number of hydrogen-bond acceptors (Lipinski definition) is 2. The van der Waals surface area contributed by atoms with Crippen LogP contribution >= 0.6 is 11.6 Å². The minimum atomic E-state index is -4.39. The molecule has 0 N–H and O–H groups in total. The molecule has 1 aliphatic rings. The van der Waals surface area contributed by atoms with E-state index in [1.807, 2.05) is 0 Å². The minimum Gasteiger partial charge on any atom is -0.489 e. The molecule has 2 rings (SSSR count). The first-order valence-electron chi connectivity index (χ1n) is 7.36. The molecular formula is C16H21ClF3NO.